The molecule has 0 saturated heterocycles. The lowest BCUT2D eigenvalue weighted by atomic mass is 10.2. The lowest BCUT2D eigenvalue weighted by molar-refractivity contribution is 0.292. The molecule has 0 fully saturated rings. The predicted molar refractivity (Wildman–Crippen MR) is 188 cm³/mol. The Morgan fingerprint density at radius 3 is 1.85 bits per heavy atom. The molecule has 0 atom stereocenters. The van der Waals surface area contributed by atoms with Crippen molar-refractivity contribution in [2.24, 2.45) is 0 Å². The number of hydrogen-bond donors (Lipinski definition) is 5. The van der Waals surface area contributed by atoms with Crippen molar-refractivity contribution in [1.29, 1.82) is 0 Å². The number of nitrogens with zero attached hydrogens (tertiary/aromatic N) is 7. The highest BCUT2D eigenvalue weighted by molar-refractivity contribution is 7.98. The highest BCUT2D eigenvalue weighted by Crippen LogP contribution is 2.28. The number of aliphatic hydroxyl groups excluding tert-OH is 2. The number of anilines is 2. The van der Waals surface area contributed by atoms with Gasteiger partial charge in [0.15, 0.2) is 56.5 Å². The van der Waals surface area contributed by atoms with Gasteiger partial charge in [-0.25, -0.2) is 47.5 Å². The number of thioether (sulfide) groups is 2. The van der Waals surface area contributed by atoms with E-state index in [1.54, 1.807) is 11.9 Å². The van der Waals surface area contributed by atoms with Gasteiger partial charge in [-0.15, -0.1) is 0 Å². The van der Waals surface area contributed by atoms with Gasteiger partial charge in [0, 0.05) is 49.4 Å². The number of rotatable bonds is 13. The first-order chi connectivity index (χ1) is 25.1. The van der Waals surface area contributed by atoms with Crippen molar-refractivity contribution in [3.05, 3.63) is 104 Å². The fraction of sp³-hybridized carbons (Fsp3) is 0.250. The van der Waals surface area contributed by atoms with Crippen LogP contribution in [0.25, 0.3) is 22.3 Å². The molecule has 14 nitrogen and oxygen atoms in total. The Kier molecular flexibility index (Phi) is 13.1. The Balaban J connectivity index is 0.000000201. The molecule has 5 N–H and O–H groups in total. The third kappa shape index (κ3) is 9.57. The van der Waals surface area contributed by atoms with Crippen LogP contribution in [0.15, 0.2) is 68.7 Å². The van der Waals surface area contributed by atoms with Crippen LogP contribution in [-0.2, 0) is 11.5 Å². The number of aromatic amines is 2. The number of fused-ring (bicyclic) bond motifs is 2. The summed E-state index contributed by atoms with van der Waals surface area (Å²) >= 11 is 2.20. The monoisotopic (exact) mass is 758 g/mol. The van der Waals surface area contributed by atoms with Crippen LogP contribution in [0.3, 0.4) is 0 Å². The minimum Gasteiger partial charge on any atom is -0.396 e. The first kappa shape index (κ1) is 38.1. The van der Waals surface area contributed by atoms with Gasteiger partial charge in [-0.2, -0.15) is 0 Å². The van der Waals surface area contributed by atoms with Crippen LogP contribution in [0.4, 0.5) is 29.2 Å². The van der Waals surface area contributed by atoms with Gasteiger partial charge in [-0.3, -0.25) is 9.59 Å². The topological polar surface area (TPSA) is 199 Å². The summed E-state index contributed by atoms with van der Waals surface area (Å²) in [6.07, 6.45) is 2.75. The van der Waals surface area contributed by atoms with Gasteiger partial charge in [0.2, 0.25) is 0 Å². The van der Waals surface area contributed by atoms with Gasteiger partial charge in [0.1, 0.15) is 11.0 Å². The Morgan fingerprint density at radius 2 is 1.29 bits per heavy atom. The van der Waals surface area contributed by atoms with E-state index in [9.17, 15) is 27.2 Å². The molecule has 0 amide bonds. The largest absolute Gasteiger partial charge is 0.396 e. The lowest BCUT2D eigenvalue weighted by Gasteiger charge is -2.18. The molecule has 272 valence electrons. The van der Waals surface area contributed by atoms with Crippen molar-refractivity contribution in [2.75, 3.05) is 43.6 Å². The van der Waals surface area contributed by atoms with Crippen molar-refractivity contribution in [2.45, 2.75) is 28.2 Å². The highest BCUT2D eigenvalue weighted by atomic mass is 32.2. The molecule has 4 aromatic heterocycles. The van der Waals surface area contributed by atoms with E-state index in [0.29, 0.717) is 42.2 Å². The number of aromatic nitrogens is 8. The lowest BCUT2D eigenvalue weighted by Crippen LogP contribution is -2.23. The first-order valence-electron chi connectivity index (χ1n) is 15.4. The van der Waals surface area contributed by atoms with Crippen LogP contribution in [0.2, 0.25) is 0 Å². The summed E-state index contributed by atoms with van der Waals surface area (Å²) in [4.78, 5) is 55.1. The van der Waals surface area contributed by atoms with E-state index >= 15 is 0 Å². The quantitative estimate of drug-likeness (QED) is 0.0493. The summed E-state index contributed by atoms with van der Waals surface area (Å²) in [6.45, 7) is 0.671. The number of benzene rings is 2. The molecule has 0 aliphatic carbocycles. The number of nitrogens with one attached hydrogen (secondary N) is 3. The average Bonchev–Trinajstić information content (AvgIpc) is 3.12. The minimum absolute atomic E-state index is 0.0146. The van der Waals surface area contributed by atoms with Gasteiger partial charge in [0.25, 0.3) is 11.1 Å². The standard InChI is InChI=1S/2C16H15F2N5O2S/c1-23(5-6-24)15-13-14(20-11(25)7-19-13)21-16(22-15)26-8-9-3-2-4-10(17)12(9)18;17-10-4-1-3-9(12(10)18)8-26-16-22-14(19-5-2-6-24)13-15(23-16)21-11(25)7-20-13/h2-4,7,24H,5-6,8H2,1H3,(H,20,21,22,25);1,3-4,7,24H,2,5-6,8H2,(H2,19,21,22,23,25). The first-order valence-corrected chi connectivity index (χ1v) is 17.4. The zero-order valence-electron chi connectivity index (χ0n) is 27.2. The van der Waals surface area contributed by atoms with E-state index in [-0.39, 0.29) is 57.5 Å². The second-order valence-electron chi connectivity index (χ2n) is 10.7. The number of halogens is 4. The van der Waals surface area contributed by atoms with Crippen LogP contribution in [-0.4, -0.2) is 83.4 Å². The third-order valence-corrected chi connectivity index (χ3v) is 8.81. The summed E-state index contributed by atoms with van der Waals surface area (Å²) in [5.41, 5.74) is 0.766. The van der Waals surface area contributed by atoms with Gasteiger partial charge in [-0.05, 0) is 18.6 Å². The van der Waals surface area contributed by atoms with Crippen LogP contribution in [0.5, 0.6) is 0 Å². The van der Waals surface area contributed by atoms with Crippen LogP contribution >= 0.6 is 23.5 Å². The molecule has 0 spiro atoms. The van der Waals surface area contributed by atoms with Crippen molar-refractivity contribution < 1.29 is 27.8 Å². The maximum Gasteiger partial charge on any atom is 0.268 e. The zero-order chi connectivity index (χ0) is 37.2. The van der Waals surface area contributed by atoms with Crippen LogP contribution in [0, 0.1) is 23.3 Å². The van der Waals surface area contributed by atoms with Crippen LogP contribution < -0.4 is 21.3 Å². The predicted octanol–water partition coefficient (Wildman–Crippen LogP) is 3.79. The molecule has 0 aliphatic rings. The fourth-order valence-corrected chi connectivity index (χ4v) is 6.12. The second-order valence-corrected chi connectivity index (χ2v) is 12.6. The van der Waals surface area contributed by atoms with Gasteiger partial charge >= 0.3 is 0 Å². The summed E-state index contributed by atoms with van der Waals surface area (Å²) in [5, 5.41) is 21.6. The van der Waals surface area contributed by atoms with E-state index in [0.717, 1.165) is 48.1 Å². The van der Waals surface area contributed by atoms with Gasteiger partial charge in [-0.1, -0.05) is 47.8 Å². The van der Waals surface area contributed by atoms with E-state index < -0.39 is 34.4 Å². The molecule has 0 bridgehead atoms. The van der Waals surface area contributed by atoms with Gasteiger partial charge in [0.05, 0.1) is 19.0 Å². The number of aliphatic hydroxyl groups is 2. The second kappa shape index (κ2) is 17.8. The molecule has 2 aromatic carbocycles. The Bertz CT molecular complexity index is 2300. The van der Waals surface area contributed by atoms with Crippen molar-refractivity contribution in [3.8, 4) is 0 Å². The Labute approximate surface area is 300 Å². The maximum absolute atomic E-state index is 13.8. The van der Waals surface area contributed by atoms with E-state index in [1.807, 2.05) is 0 Å². The summed E-state index contributed by atoms with van der Waals surface area (Å²) in [5.74, 6) is -2.60. The Hall–Kier alpha value is -5.18. The van der Waals surface area contributed by atoms with Crippen molar-refractivity contribution in [1.82, 2.24) is 39.9 Å². The molecule has 52 heavy (non-hydrogen) atoms. The molecule has 6 aromatic rings. The SMILES string of the molecule is CN(CCO)c1nc(SCc2cccc(F)c2F)nc2[nH]c(=O)cnc12.O=c1cnc2c(NCCCO)nc(SCc3cccc(F)c3F)nc2[nH]1. The minimum atomic E-state index is -0.917. The number of H-pyrrole nitrogens is 2. The van der Waals surface area contributed by atoms with Crippen molar-refractivity contribution >= 4 is 57.5 Å². The molecule has 6 rings (SSSR count). The molecule has 0 radical (unpaired) electrons. The van der Waals surface area contributed by atoms with E-state index in [1.165, 1.54) is 24.3 Å². The zero-order valence-corrected chi connectivity index (χ0v) is 28.9. The molecule has 4 heterocycles. The normalized spacial score (nSPS) is 11.1. The van der Waals surface area contributed by atoms with E-state index in [2.05, 4.69) is 45.2 Å². The van der Waals surface area contributed by atoms with E-state index in [4.69, 9.17) is 10.2 Å². The number of hydrogen-bond acceptors (Lipinski definition) is 14. The molecular weight excluding hydrogens is 729 g/mol. The summed E-state index contributed by atoms with van der Waals surface area (Å²) in [6, 6.07) is 7.92. The summed E-state index contributed by atoms with van der Waals surface area (Å²) < 4.78 is 54.2. The average molecular weight is 759 g/mol. The maximum atomic E-state index is 13.8. The van der Waals surface area contributed by atoms with Crippen LogP contribution in [0.1, 0.15) is 17.5 Å². The fourth-order valence-electron chi connectivity index (χ4n) is 4.48. The molecular formula is C32H30F4N10O4S2. The Morgan fingerprint density at radius 1 is 0.750 bits per heavy atom. The molecule has 0 aliphatic heterocycles. The highest BCUT2D eigenvalue weighted by Gasteiger charge is 2.16. The summed E-state index contributed by atoms with van der Waals surface area (Å²) in [7, 11) is 1.71. The smallest absolute Gasteiger partial charge is 0.268 e. The van der Waals surface area contributed by atoms with Crippen molar-refractivity contribution in [3.63, 3.8) is 0 Å². The number of likely N-dealkylation sites (N-methyl/N-ethyl adjacent to an activating group) is 1. The van der Waals surface area contributed by atoms with Gasteiger partial charge < -0.3 is 30.4 Å². The molecule has 0 saturated carbocycles. The third-order valence-electron chi connectivity index (χ3n) is 7.01. The molecule has 20 heteroatoms. The molecule has 0 unspecified atom stereocenters.